The number of rotatable bonds is 4. The van der Waals surface area contributed by atoms with Gasteiger partial charge in [-0.15, -0.1) is 0 Å². The van der Waals surface area contributed by atoms with Gasteiger partial charge < -0.3 is 14.6 Å². The number of carbonyl (C=O) groups is 2. The van der Waals surface area contributed by atoms with Crippen LogP contribution in [0.3, 0.4) is 0 Å². The van der Waals surface area contributed by atoms with Gasteiger partial charge in [-0.25, -0.2) is 9.59 Å². The molecule has 0 aliphatic heterocycles. The normalized spacial score (nSPS) is 12.4. The van der Waals surface area contributed by atoms with Crippen LogP contribution in [0.5, 0.6) is 0 Å². The van der Waals surface area contributed by atoms with E-state index in [0.29, 0.717) is 11.3 Å². The van der Waals surface area contributed by atoms with Gasteiger partial charge in [-0.05, 0) is 38.5 Å². The highest BCUT2D eigenvalue weighted by molar-refractivity contribution is 5.85. The van der Waals surface area contributed by atoms with E-state index in [2.05, 4.69) is 10.1 Å². The fraction of sp³-hybridized carbons (Fsp3) is 0.467. The number of anilines is 1. The predicted molar refractivity (Wildman–Crippen MR) is 78.0 cm³/mol. The Morgan fingerprint density at radius 3 is 2.57 bits per heavy atom. The maximum atomic E-state index is 11.7. The van der Waals surface area contributed by atoms with E-state index in [4.69, 9.17) is 4.74 Å². The lowest BCUT2D eigenvalue weighted by molar-refractivity contribution is -0.150. The first-order chi connectivity index (χ1) is 9.71. The molecule has 1 aromatic carbocycles. The summed E-state index contributed by atoms with van der Waals surface area (Å²) in [5.41, 5.74) is 0.642. The molecule has 1 amide bonds. The van der Waals surface area contributed by atoms with Crippen molar-refractivity contribution in [2.75, 3.05) is 12.4 Å². The third-order valence-electron chi connectivity index (χ3n) is 2.47. The van der Waals surface area contributed by atoms with Crippen LogP contribution in [0, 0.1) is 0 Å². The zero-order valence-electron chi connectivity index (χ0n) is 12.7. The lowest BCUT2D eigenvalue weighted by Crippen LogP contribution is -2.27. The zero-order chi connectivity index (χ0) is 16.0. The molecule has 116 valence electrons. The summed E-state index contributed by atoms with van der Waals surface area (Å²) in [5.74, 6) is -0.694. The number of aliphatic hydroxyl groups excluding tert-OH is 1. The Morgan fingerprint density at radius 2 is 2.00 bits per heavy atom. The molecule has 0 aliphatic carbocycles. The minimum Gasteiger partial charge on any atom is -0.467 e. The van der Waals surface area contributed by atoms with Crippen molar-refractivity contribution < 1.29 is 24.2 Å². The molecule has 0 saturated carbocycles. The van der Waals surface area contributed by atoms with Gasteiger partial charge in [-0.1, -0.05) is 12.1 Å². The van der Waals surface area contributed by atoms with Crippen LogP contribution in [0.1, 0.15) is 26.3 Å². The van der Waals surface area contributed by atoms with Gasteiger partial charge in [0.05, 0.1) is 7.11 Å². The van der Waals surface area contributed by atoms with Gasteiger partial charge in [-0.3, -0.25) is 5.32 Å². The van der Waals surface area contributed by atoms with E-state index in [0.717, 1.165) is 0 Å². The fourth-order valence-corrected chi connectivity index (χ4v) is 1.64. The number of hydrogen-bond acceptors (Lipinski definition) is 5. The molecule has 0 spiro atoms. The maximum Gasteiger partial charge on any atom is 0.412 e. The van der Waals surface area contributed by atoms with Crippen LogP contribution < -0.4 is 5.32 Å². The highest BCUT2D eigenvalue weighted by Gasteiger charge is 2.18. The summed E-state index contributed by atoms with van der Waals surface area (Å²) < 4.78 is 9.60. The average molecular weight is 295 g/mol. The van der Waals surface area contributed by atoms with Gasteiger partial charge in [-0.2, -0.15) is 0 Å². The van der Waals surface area contributed by atoms with E-state index < -0.39 is 23.8 Å². The van der Waals surface area contributed by atoms with Crippen molar-refractivity contribution in [2.45, 2.75) is 38.9 Å². The molecule has 1 aromatic rings. The number of nitrogens with one attached hydrogen (secondary N) is 1. The number of esters is 1. The van der Waals surface area contributed by atoms with Gasteiger partial charge in [0.25, 0.3) is 0 Å². The number of aliphatic hydroxyl groups is 1. The molecule has 0 aliphatic rings. The summed E-state index contributed by atoms with van der Waals surface area (Å²) in [4.78, 5) is 22.8. The molecule has 0 heterocycles. The zero-order valence-corrected chi connectivity index (χ0v) is 12.7. The second kappa shape index (κ2) is 7.08. The molecular weight excluding hydrogens is 274 g/mol. The largest absolute Gasteiger partial charge is 0.467 e. The summed E-state index contributed by atoms with van der Waals surface area (Å²) in [5, 5.41) is 12.2. The van der Waals surface area contributed by atoms with Crippen LogP contribution in [0.2, 0.25) is 0 Å². The molecule has 2 N–H and O–H groups in total. The molecule has 6 nitrogen and oxygen atoms in total. The molecular formula is C15H21NO5. The van der Waals surface area contributed by atoms with Crippen LogP contribution in [0.15, 0.2) is 24.3 Å². The Bertz CT molecular complexity index is 507. The van der Waals surface area contributed by atoms with Crippen molar-refractivity contribution in [3.05, 3.63) is 29.8 Å². The van der Waals surface area contributed by atoms with Gasteiger partial charge in [0, 0.05) is 12.1 Å². The minimum atomic E-state index is -1.23. The van der Waals surface area contributed by atoms with E-state index in [9.17, 15) is 14.7 Å². The lowest BCUT2D eigenvalue weighted by Gasteiger charge is -2.19. The van der Waals surface area contributed by atoms with Crippen molar-refractivity contribution in [3.8, 4) is 0 Å². The van der Waals surface area contributed by atoms with Crippen molar-refractivity contribution >= 4 is 17.7 Å². The number of ether oxygens (including phenoxy) is 2. The Balaban J connectivity index is 2.68. The number of methoxy groups -OCH3 is 1. The first-order valence-corrected chi connectivity index (χ1v) is 6.56. The van der Waals surface area contributed by atoms with Gasteiger partial charge in [0.15, 0.2) is 6.10 Å². The molecule has 21 heavy (non-hydrogen) atoms. The lowest BCUT2D eigenvalue weighted by atomic mass is 10.1. The quantitative estimate of drug-likeness (QED) is 0.831. The van der Waals surface area contributed by atoms with Crippen molar-refractivity contribution in [1.29, 1.82) is 0 Å². The summed E-state index contributed by atoms with van der Waals surface area (Å²) in [6.07, 6.45) is -1.68. The van der Waals surface area contributed by atoms with E-state index in [-0.39, 0.29) is 6.42 Å². The summed E-state index contributed by atoms with van der Waals surface area (Å²) in [6, 6.07) is 6.81. The molecule has 1 unspecified atom stereocenters. The second-order valence-corrected chi connectivity index (χ2v) is 5.57. The van der Waals surface area contributed by atoms with Crippen LogP contribution in [0.25, 0.3) is 0 Å². The summed E-state index contributed by atoms with van der Waals surface area (Å²) in [7, 11) is 1.21. The van der Waals surface area contributed by atoms with Crippen LogP contribution in [-0.4, -0.2) is 36.0 Å². The van der Waals surface area contributed by atoms with Crippen LogP contribution in [-0.2, 0) is 20.7 Å². The fourth-order valence-electron chi connectivity index (χ4n) is 1.64. The number of amides is 1. The molecule has 0 fully saturated rings. The summed E-state index contributed by atoms with van der Waals surface area (Å²) in [6.45, 7) is 5.32. The van der Waals surface area contributed by atoms with E-state index in [1.165, 1.54) is 7.11 Å². The topological polar surface area (TPSA) is 84.9 Å². The average Bonchev–Trinajstić information content (AvgIpc) is 2.35. The SMILES string of the molecule is COC(=O)C(O)Cc1cccc(NC(=O)OC(C)(C)C)c1. The predicted octanol–water partition coefficient (Wildman–Crippen LogP) is 2.11. The molecule has 6 heteroatoms. The first kappa shape index (κ1) is 17.0. The number of hydrogen-bond donors (Lipinski definition) is 2. The molecule has 1 atom stereocenters. The highest BCUT2D eigenvalue weighted by atomic mass is 16.6. The van der Waals surface area contributed by atoms with E-state index in [1.807, 2.05) is 0 Å². The summed E-state index contributed by atoms with van der Waals surface area (Å²) >= 11 is 0. The first-order valence-electron chi connectivity index (χ1n) is 6.56. The Hall–Kier alpha value is -2.08. The van der Waals surface area contributed by atoms with Gasteiger partial charge in [0.1, 0.15) is 5.60 Å². The van der Waals surface area contributed by atoms with E-state index >= 15 is 0 Å². The molecule has 1 rings (SSSR count). The molecule has 0 bridgehead atoms. The molecule has 0 aromatic heterocycles. The molecule has 0 radical (unpaired) electrons. The van der Waals surface area contributed by atoms with Gasteiger partial charge >= 0.3 is 12.1 Å². The monoisotopic (exact) mass is 295 g/mol. The Labute approximate surface area is 124 Å². The number of benzene rings is 1. The van der Waals surface area contributed by atoms with Gasteiger partial charge in [0.2, 0.25) is 0 Å². The number of carbonyl (C=O) groups excluding carboxylic acids is 2. The Morgan fingerprint density at radius 1 is 1.33 bits per heavy atom. The third kappa shape index (κ3) is 6.27. The van der Waals surface area contributed by atoms with Crippen molar-refractivity contribution in [3.63, 3.8) is 0 Å². The molecule has 0 saturated heterocycles. The highest BCUT2D eigenvalue weighted by Crippen LogP contribution is 2.15. The van der Waals surface area contributed by atoms with Crippen LogP contribution in [0.4, 0.5) is 10.5 Å². The van der Waals surface area contributed by atoms with Crippen LogP contribution >= 0.6 is 0 Å². The second-order valence-electron chi connectivity index (χ2n) is 5.57. The maximum absolute atomic E-state index is 11.7. The third-order valence-corrected chi connectivity index (χ3v) is 2.47. The van der Waals surface area contributed by atoms with Crippen molar-refractivity contribution in [1.82, 2.24) is 0 Å². The van der Waals surface area contributed by atoms with E-state index in [1.54, 1.807) is 45.0 Å². The Kier molecular flexibility index (Phi) is 5.72. The van der Waals surface area contributed by atoms with Crippen molar-refractivity contribution in [2.24, 2.45) is 0 Å². The minimum absolute atomic E-state index is 0.108. The smallest absolute Gasteiger partial charge is 0.412 e. The standard InChI is InChI=1S/C15H21NO5/c1-15(2,3)21-14(19)16-11-7-5-6-10(8-11)9-12(17)13(18)20-4/h5-8,12,17H,9H2,1-4H3,(H,16,19).